The molecule has 2 aromatic carbocycles. The number of benzene rings is 2. The van der Waals surface area contributed by atoms with Gasteiger partial charge in [-0.05, 0) is 41.9 Å². The Balaban J connectivity index is 1.74. The molecule has 0 radical (unpaired) electrons. The van der Waals surface area contributed by atoms with Crippen molar-refractivity contribution in [2.24, 2.45) is 0 Å². The van der Waals surface area contributed by atoms with E-state index in [0.717, 1.165) is 17.5 Å². The van der Waals surface area contributed by atoms with Gasteiger partial charge in [0.2, 0.25) is 0 Å². The molecule has 0 aliphatic heterocycles. The molecule has 6 nitrogen and oxygen atoms in total. The predicted octanol–water partition coefficient (Wildman–Crippen LogP) is 2.61. The Kier molecular flexibility index (Phi) is 8.54. The summed E-state index contributed by atoms with van der Waals surface area (Å²) in [7, 11) is 3.33. The Bertz CT molecular complexity index is 723. The van der Waals surface area contributed by atoms with E-state index in [1.54, 1.807) is 14.2 Å². The molecule has 0 saturated heterocycles. The number of nitrogens with one attached hydrogen (secondary N) is 2. The number of hydrogen-bond donors (Lipinski definition) is 2. The topological polar surface area (TPSA) is 62.8 Å². The molecule has 0 aromatic heterocycles. The lowest BCUT2D eigenvalue weighted by Crippen LogP contribution is -2.49. The van der Waals surface area contributed by atoms with Gasteiger partial charge < -0.3 is 14.8 Å². The van der Waals surface area contributed by atoms with Crippen molar-refractivity contribution in [2.45, 2.75) is 6.42 Å². The maximum Gasteiger partial charge on any atom is 0.276 e. The molecule has 0 heterocycles. The molecule has 0 saturated carbocycles. The van der Waals surface area contributed by atoms with Gasteiger partial charge in [-0.3, -0.25) is 15.2 Å². The summed E-state index contributed by atoms with van der Waals surface area (Å²) in [6, 6.07) is 17.7. The molecule has 2 N–H and O–H groups in total. The number of thiocarbonyl (C=S) groups is 1. The molecule has 0 unspecified atom stereocenters. The Hall–Kier alpha value is -2.64. The standard InChI is InChI=1S/C20H25N3O3S/c1-23(20(27)21-13-6-14-25-2)22-19(24)15-26-18-11-9-17(10-12-18)16-7-4-3-5-8-16/h3-5,7-12H,6,13-15H2,1-2H3,(H,21,27)(H,22,24). The summed E-state index contributed by atoms with van der Waals surface area (Å²) in [5.74, 6) is 0.346. The molecule has 144 valence electrons. The number of carbonyl (C=O) groups excluding carboxylic acids is 1. The van der Waals surface area contributed by atoms with Crippen LogP contribution in [0, 0.1) is 0 Å². The van der Waals surface area contributed by atoms with E-state index in [1.807, 2.05) is 54.6 Å². The average Bonchev–Trinajstić information content (AvgIpc) is 2.70. The van der Waals surface area contributed by atoms with E-state index in [1.165, 1.54) is 5.01 Å². The minimum Gasteiger partial charge on any atom is -0.484 e. The fraction of sp³-hybridized carbons (Fsp3) is 0.300. The lowest BCUT2D eigenvalue weighted by atomic mass is 10.1. The van der Waals surface area contributed by atoms with Crippen molar-refractivity contribution in [1.82, 2.24) is 15.8 Å². The number of carbonyl (C=O) groups is 1. The molecule has 7 heteroatoms. The molecule has 2 rings (SSSR count). The Morgan fingerprint density at radius 1 is 1.07 bits per heavy atom. The number of methoxy groups -OCH3 is 1. The SMILES string of the molecule is COCCCNC(=S)N(C)NC(=O)COc1ccc(-c2ccccc2)cc1. The van der Waals surface area contributed by atoms with Crippen LogP contribution in [-0.2, 0) is 9.53 Å². The van der Waals surface area contributed by atoms with E-state index in [4.69, 9.17) is 21.7 Å². The van der Waals surface area contributed by atoms with Crippen LogP contribution >= 0.6 is 12.2 Å². The summed E-state index contributed by atoms with van der Waals surface area (Å²) in [5.41, 5.74) is 4.89. The van der Waals surface area contributed by atoms with Crippen LogP contribution in [0.3, 0.4) is 0 Å². The first kappa shape index (κ1) is 20.7. The monoisotopic (exact) mass is 387 g/mol. The third kappa shape index (κ3) is 7.24. The Labute approximate surface area is 165 Å². The average molecular weight is 388 g/mol. The Morgan fingerprint density at radius 2 is 1.74 bits per heavy atom. The van der Waals surface area contributed by atoms with Crippen molar-refractivity contribution in [3.8, 4) is 16.9 Å². The van der Waals surface area contributed by atoms with Crippen molar-refractivity contribution < 1.29 is 14.3 Å². The van der Waals surface area contributed by atoms with Gasteiger partial charge >= 0.3 is 0 Å². The zero-order chi connectivity index (χ0) is 19.5. The minimum absolute atomic E-state index is 0.0959. The van der Waals surface area contributed by atoms with Crippen LogP contribution in [0.4, 0.5) is 0 Å². The quantitative estimate of drug-likeness (QED) is 0.412. The van der Waals surface area contributed by atoms with Crippen LogP contribution in [0.2, 0.25) is 0 Å². The van der Waals surface area contributed by atoms with Crippen molar-refractivity contribution >= 4 is 23.2 Å². The fourth-order valence-corrected chi connectivity index (χ4v) is 2.47. The molecule has 0 bridgehead atoms. The van der Waals surface area contributed by atoms with Gasteiger partial charge in [0.1, 0.15) is 5.75 Å². The zero-order valence-corrected chi connectivity index (χ0v) is 16.4. The summed E-state index contributed by atoms with van der Waals surface area (Å²) < 4.78 is 10.5. The zero-order valence-electron chi connectivity index (χ0n) is 15.6. The van der Waals surface area contributed by atoms with E-state index in [0.29, 0.717) is 24.0 Å². The molecule has 0 aliphatic rings. The molecule has 2 aromatic rings. The van der Waals surface area contributed by atoms with Crippen molar-refractivity contribution in [3.05, 3.63) is 54.6 Å². The van der Waals surface area contributed by atoms with Crippen LogP contribution in [0.1, 0.15) is 6.42 Å². The van der Waals surface area contributed by atoms with Crippen molar-refractivity contribution in [3.63, 3.8) is 0 Å². The van der Waals surface area contributed by atoms with E-state index in [-0.39, 0.29) is 12.5 Å². The second-order valence-electron chi connectivity index (χ2n) is 5.85. The fourth-order valence-electron chi connectivity index (χ4n) is 2.32. The molecule has 0 spiro atoms. The number of nitrogens with zero attached hydrogens (tertiary/aromatic N) is 1. The maximum absolute atomic E-state index is 12.0. The highest BCUT2D eigenvalue weighted by Gasteiger charge is 2.09. The van der Waals surface area contributed by atoms with E-state index in [9.17, 15) is 4.79 Å². The summed E-state index contributed by atoms with van der Waals surface area (Å²) in [6.07, 6.45) is 0.834. The summed E-state index contributed by atoms with van der Waals surface area (Å²) in [4.78, 5) is 12.0. The van der Waals surface area contributed by atoms with Gasteiger partial charge in [-0.1, -0.05) is 42.5 Å². The first-order valence-electron chi connectivity index (χ1n) is 8.68. The van der Waals surface area contributed by atoms with Gasteiger partial charge in [0, 0.05) is 27.3 Å². The van der Waals surface area contributed by atoms with Crippen LogP contribution in [0.25, 0.3) is 11.1 Å². The second kappa shape index (κ2) is 11.2. The van der Waals surface area contributed by atoms with Crippen LogP contribution in [-0.4, -0.2) is 49.9 Å². The van der Waals surface area contributed by atoms with E-state index in [2.05, 4.69) is 10.7 Å². The summed E-state index contributed by atoms with van der Waals surface area (Å²) in [6.45, 7) is 1.24. The van der Waals surface area contributed by atoms with Gasteiger partial charge in [-0.25, -0.2) is 0 Å². The van der Waals surface area contributed by atoms with Crippen LogP contribution in [0.5, 0.6) is 5.75 Å². The Morgan fingerprint density at radius 3 is 2.41 bits per heavy atom. The molecule has 1 amide bonds. The number of hydrogen-bond acceptors (Lipinski definition) is 4. The molecule has 0 aliphatic carbocycles. The summed E-state index contributed by atoms with van der Waals surface area (Å²) >= 11 is 5.20. The maximum atomic E-state index is 12.0. The van der Waals surface area contributed by atoms with Gasteiger partial charge in [0.15, 0.2) is 11.7 Å². The molecule has 27 heavy (non-hydrogen) atoms. The highest BCUT2D eigenvalue weighted by Crippen LogP contribution is 2.21. The minimum atomic E-state index is -0.286. The van der Waals surface area contributed by atoms with Gasteiger partial charge in [-0.15, -0.1) is 0 Å². The second-order valence-corrected chi connectivity index (χ2v) is 6.24. The first-order chi connectivity index (χ1) is 13.1. The number of hydrazine groups is 1. The number of ether oxygens (including phenoxy) is 2. The normalized spacial score (nSPS) is 10.1. The van der Waals surface area contributed by atoms with Crippen LogP contribution < -0.4 is 15.5 Å². The van der Waals surface area contributed by atoms with Gasteiger partial charge in [-0.2, -0.15) is 0 Å². The highest BCUT2D eigenvalue weighted by atomic mass is 32.1. The third-order valence-electron chi connectivity index (χ3n) is 3.73. The van der Waals surface area contributed by atoms with Gasteiger partial charge in [0.05, 0.1) is 0 Å². The molecular weight excluding hydrogens is 362 g/mol. The molecular formula is C20H25N3O3S. The van der Waals surface area contributed by atoms with Crippen molar-refractivity contribution in [2.75, 3.05) is 33.9 Å². The van der Waals surface area contributed by atoms with Crippen molar-refractivity contribution in [1.29, 1.82) is 0 Å². The van der Waals surface area contributed by atoms with E-state index >= 15 is 0 Å². The molecule has 0 atom stereocenters. The lowest BCUT2D eigenvalue weighted by Gasteiger charge is -2.21. The molecule has 0 fully saturated rings. The lowest BCUT2D eigenvalue weighted by molar-refractivity contribution is -0.126. The predicted molar refractivity (Wildman–Crippen MR) is 110 cm³/mol. The highest BCUT2D eigenvalue weighted by molar-refractivity contribution is 7.80. The van der Waals surface area contributed by atoms with Gasteiger partial charge in [0.25, 0.3) is 5.91 Å². The van der Waals surface area contributed by atoms with Crippen LogP contribution in [0.15, 0.2) is 54.6 Å². The first-order valence-corrected chi connectivity index (χ1v) is 9.09. The smallest absolute Gasteiger partial charge is 0.276 e. The summed E-state index contributed by atoms with van der Waals surface area (Å²) in [5, 5.41) is 4.94. The third-order valence-corrected chi connectivity index (χ3v) is 4.15. The largest absolute Gasteiger partial charge is 0.484 e. The number of rotatable bonds is 8. The number of amides is 1. The van der Waals surface area contributed by atoms with E-state index < -0.39 is 0 Å².